The van der Waals surface area contributed by atoms with Gasteiger partial charge in [0, 0.05) is 6.54 Å². The molecule has 2 N–H and O–H groups in total. The molecule has 1 aromatic carbocycles. The Morgan fingerprint density at radius 2 is 1.91 bits per heavy atom. The molecule has 0 amide bonds. The molecule has 2 aromatic rings. The third-order valence-electron chi connectivity index (χ3n) is 4.19. The molecule has 1 aromatic heterocycles. The fourth-order valence-electron chi connectivity index (χ4n) is 2.88. The summed E-state index contributed by atoms with van der Waals surface area (Å²) in [6.07, 6.45) is 3.19. The number of aliphatic hydroxyl groups is 1. The summed E-state index contributed by atoms with van der Waals surface area (Å²) in [4.78, 5) is 0.251. The minimum absolute atomic E-state index is 0.119. The van der Waals surface area contributed by atoms with Gasteiger partial charge in [-0.2, -0.15) is 0 Å². The first-order chi connectivity index (χ1) is 11.0. The van der Waals surface area contributed by atoms with Crippen LogP contribution in [0.1, 0.15) is 41.6 Å². The molecule has 6 heteroatoms. The van der Waals surface area contributed by atoms with Gasteiger partial charge < -0.3 is 9.52 Å². The molecule has 1 atom stereocenters. The lowest BCUT2D eigenvalue weighted by Crippen LogP contribution is -2.28. The first-order valence-corrected chi connectivity index (χ1v) is 9.30. The number of benzene rings is 1. The van der Waals surface area contributed by atoms with Crippen LogP contribution in [-0.4, -0.2) is 20.1 Å². The maximum atomic E-state index is 12.4. The highest BCUT2D eigenvalue weighted by Gasteiger charge is 2.20. The van der Waals surface area contributed by atoms with E-state index in [9.17, 15) is 13.5 Å². The molecule has 0 aliphatic heterocycles. The first kappa shape index (κ1) is 16.2. The molecule has 0 spiro atoms. The number of hydrogen-bond acceptors (Lipinski definition) is 4. The zero-order valence-electron chi connectivity index (χ0n) is 13.1. The number of furan rings is 1. The average molecular weight is 335 g/mol. The Hall–Kier alpha value is -1.63. The SMILES string of the molecule is Cc1ccc(C(O)CNS(=O)(=O)c2ccc3c(c2)CCCC3)o1. The van der Waals surface area contributed by atoms with Crippen molar-refractivity contribution in [2.24, 2.45) is 0 Å². The van der Waals surface area contributed by atoms with Crippen molar-refractivity contribution < 1.29 is 17.9 Å². The molecule has 1 heterocycles. The topological polar surface area (TPSA) is 79.5 Å². The van der Waals surface area contributed by atoms with Crippen molar-refractivity contribution in [3.63, 3.8) is 0 Å². The molecule has 1 aliphatic carbocycles. The highest BCUT2D eigenvalue weighted by molar-refractivity contribution is 7.89. The fraction of sp³-hybridized carbons (Fsp3) is 0.412. The zero-order chi connectivity index (χ0) is 16.4. The van der Waals surface area contributed by atoms with Crippen molar-refractivity contribution in [3.05, 3.63) is 53.0 Å². The summed E-state index contributed by atoms with van der Waals surface area (Å²) in [5, 5.41) is 10.0. The predicted octanol–water partition coefficient (Wildman–Crippen LogP) is 2.48. The first-order valence-electron chi connectivity index (χ1n) is 7.81. The summed E-state index contributed by atoms with van der Waals surface area (Å²) in [6, 6.07) is 8.66. The summed E-state index contributed by atoms with van der Waals surface area (Å²) in [6.45, 7) is 1.65. The fourth-order valence-corrected chi connectivity index (χ4v) is 3.97. The lowest BCUT2D eigenvalue weighted by atomic mass is 9.92. The van der Waals surface area contributed by atoms with E-state index in [1.54, 1.807) is 31.2 Å². The summed E-state index contributed by atoms with van der Waals surface area (Å²) in [5.74, 6) is 1.03. The second kappa shape index (κ2) is 6.47. The van der Waals surface area contributed by atoms with Crippen LogP contribution in [0.2, 0.25) is 0 Å². The van der Waals surface area contributed by atoms with E-state index in [1.165, 1.54) is 5.56 Å². The van der Waals surface area contributed by atoms with Crippen molar-refractivity contribution in [1.29, 1.82) is 0 Å². The standard InChI is InChI=1S/C17H21NO4S/c1-12-6-9-17(22-12)16(19)11-18-23(20,21)15-8-7-13-4-2-3-5-14(13)10-15/h6-10,16,18-19H,2-5,11H2,1H3. The average Bonchev–Trinajstić information content (AvgIpc) is 2.99. The molecular formula is C17H21NO4S. The van der Waals surface area contributed by atoms with Crippen LogP contribution < -0.4 is 4.72 Å². The van der Waals surface area contributed by atoms with Crippen LogP contribution in [0.3, 0.4) is 0 Å². The van der Waals surface area contributed by atoms with Gasteiger partial charge in [-0.15, -0.1) is 0 Å². The van der Waals surface area contributed by atoms with Crippen LogP contribution in [0.4, 0.5) is 0 Å². The van der Waals surface area contributed by atoms with Crippen molar-refractivity contribution in [3.8, 4) is 0 Å². The van der Waals surface area contributed by atoms with E-state index >= 15 is 0 Å². The van der Waals surface area contributed by atoms with Crippen molar-refractivity contribution in [1.82, 2.24) is 4.72 Å². The Kier molecular flexibility index (Phi) is 4.57. The van der Waals surface area contributed by atoms with E-state index in [4.69, 9.17) is 4.42 Å². The van der Waals surface area contributed by atoms with Gasteiger partial charge in [0.2, 0.25) is 10.0 Å². The highest BCUT2D eigenvalue weighted by Crippen LogP contribution is 2.24. The summed E-state index contributed by atoms with van der Waals surface area (Å²) in [5.41, 5.74) is 2.35. The second-order valence-electron chi connectivity index (χ2n) is 5.95. The molecule has 0 fully saturated rings. The number of fused-ring (bicyclic) bond motifs is 1. The van der Waals surface area contributed by atoms with Gasteiger partial charge in [0.25, 0.3) is 0 Å². The molecule has 124 valence electrons. The maximum Gasteiger partial charge on any atom is 0.240 e. The molecular weight excluding hydrogens is 314 g/mol. The largest absolute Gasteiger partial charge is 0.464 e. The molecule has 1 aliphatic rings. The lowest BCUT2D eigenvalue weighted by Gasteiger charge is -2.17. The number of hydrogen-bond donors (Lipinski definition) is 2. The summed E-state index contributed by atoms with van der Waals surface area (Å²) < 4.78 is 32.6. The van der Waals surface area contributed by atoms with E-state index in [2.05, 4.69) is 4.72 Å². The zero-order valence-corrected chi connectivity index (χ0v) is 13.9. The van der Waals surface area contributed by atoms with E-state index in [0.29, 0.717) is 11.5 Å². The summed E-state index contributed by atoms with van der Waals surface area (Å²) >= 11 is 0. The predicted molar refractivity (Wildman–Crippen MR) is 86.7 cm³/mol. The smallest absolute Gasteiger partial charge is 0.240 e. The Balaban J connectivity index is 1.71. The van der Waals surface area contributed by atoms with E-state index < -0.39 is 16.1 Å². The van der Waals surface area contributed by atoms with E-state index in [0.717, 1.165) is 31.2 Å². The minimum atomic E-state index is -3.64. The number of sulfonamides is 1. The molecule has 23 heavy (non-hydrogen) atoms. The maximum absolute atomic E-state index is 12.4. The Bertz CT molecular complexity index is 795. The quantitative estimate of drug-likeness (QED) is 0.880. The van der Waals surface area contributed by atoms with Crippen LogP contribution >= 0.6 is 0 Å². The minimum Gasteiger partial charge on any atom is -0.464 e. The molecule has 5 nitrogen and oxygen atoms in total. The number of nitrogens with one attached hydrogen (secondary N) is 1. The summed E-state index contributed by atoms with van der Waals surface area (Å²) in [7, 11) is -3.64. The monoisotopic (exact) mass is 335 g/mol. The van der Waals surface area contributed by atoms with Gasteiger partial charge in [-0.3, -0.25) is 0 Å². The van der Waals surface area contributed by atoms with Gasteiger partial charge in [-0.1, -0.05) is 6.07 Å². The van der Waals surface area contributed by atoms with Crippen LogP contribution in [0.25, 0.3) is 0 Å². The van der Waals surface area contributed by atoms with Gasteiger partial charge >= 0.3 is 0 Å². The van der Waals surface area contributed by atoms with Gasteiger partial charge in [0.15, 0.2) is 0 Å². The van der Waals surface area contributed by atoms with Gasteiger partial charge in [-0.05, 0) is 68.0 Å². The van der Waals surface area contributed by atoms with E-state index in [1.807, 2.05) is 6.07 Å². The van der Waals surface area contributed by atoms with Crippen LogP contribution in [-0.2, 0) is 22.9 Å². The normalized spacial score (nSPS) is 16.1. The Labute approximate surface area is 136 Å². The second-order valence-corrected chi connectivity index (χ2v) is 7.72. The molecule has 0 bridgehead atoms. The van der Waals surface area contributed by atoms with Gasteiger partial charge in [0.1, 0.15) is 17.6 Å². The van der Waals surface area contributed by atoms with Crippen LogP contribution in [0, 0.1) is 6.92 Å². The number of aliphatic hydroxyl groups excluding tert-OH is 1. The third-order valence-corrected chi connectivity index (χ3v) is 5.61. The molecule has 1 unspecified atom stereocenters. The van der Waals surface area contributed by atoms with Gasteiger partial charge in [0.05, 0.1) is 4.90 Å². The van der Waals surface area contributed by atoms with Crippen molar-refractivity contribution in [2.75, 3.05) is 6.54 Å². The van der Waals surface area contributed by atoms with Crippen molar-refractivity contribution >= 4 is 10.0 Å². The highest BCUT2D eigenvalue weighted by atomic mass is 32.2. The molecule has 0 saturated carbocycles. The number of rotatable bonds is 5. The lowest BCUT2D eigenvalue weighted by molar-refractivity contribution is 0.152. The van der Waals surface area contributed by atoms with E-state index in [-0.39, 0.29) is 11.4 Å². The van der Waals surface area contributed by atoms with Crippen molar-refractivity contribution in [2.45, 2.75) is 43.6 Å². The van der Waals surface area contributed by atoms with Gasteiger partial charge in [-0.25, -0.2) is 13.1 Å². The third kappa shape index (κ3) is 3.65. The van der Waals surface area contributed by atoms with Crippen LogP contribution in [0.15, 0.2) is 39.6 Å². The Morgan fingerprint density at radius 1 is 1.17 bits per heavy atom. The van der Waals surface area contributed by atoms with Crippen LogP contribution in [0.5, 0.6) is 0 Å². The number of aryl methyl sites for hydroxylation is 3. The molecule has 0 saturated heterocycles. The molecule has 0 radical (unpaired) electrons. The molecule has 3 rings (SSSR count). The Morgan fingerprint density at radius 3 is 2.61 bits per heavy atom.